The molecule has 0 fully saturated rings. The Hall–Kier alpha value is -2.95. The molecule has 0 spiro atoms. The molecule has 4 rings (SSSR count). The van der Waals surface area contributed by atoms with E-state index in [9.17, 15) is 17.6 Å². The lowest BCUT2D eigenvalue weighted by atomic mass is 10.1. The van der Waals surface area contributed by atoms with Crippen LogP contribution in [0.2, 0.25) is 5.02 Å². The van der Waals surface area contributed by atoms with Crippen LogP contribution in [-0.2, 0) is 21.2 Å². The molecule has 0 saturated carbocycles. The van der Waals surface area contributed by atoms with Crippen LogP contribution >= 0.6 is 11.6 Å². The fourth-order valence-electron chi connectivity index (χ4n) is 3.32. The Morgan fingerprint density at radius 3 is 2.72 bits per heavy atom. The van der Waals surface area contributed by atoms with Crippen molar-refractivity contribution < 1.29 is 22.3 Å². The predicted octanol–water partition coefficient (Wildman–Crippen LogP) is 3.45. The van der Waals surface area contributed by atoms with Crippen LogP contribution in [0.1, 0.15) is 12.1 Å². The second kappa shape index (κ2) is 8.89. The summed E-state index contributed by atoms with van der Waals surface area (Å²) >= 11 is 6.19. The van der Waals surface area contributed by atoms with Gasteiger partial charge < -0.3 is 10.1 Å². The Morgan fingerprint density at radius 2 is 1.97 bits per heavy atom. The van der Waals surface area contributed by atoms with Crippen LogP contribution < -0.4 is 10.1 Å². The first-order valence-corrected chi connectivity index (χ1v) is 11.6. The van der Waals surface area contributed by atoms with Crippen molar-refractivity contribution in [2.75, 3.05) is 25.5 Å². The molecule has 0 bridgehead atoms. The van der Waals surface area contributed by atoms with Crippen molar-refractivity contribution in [2.24, 2.45) is 0 Å². The molecule has 0 aliphatic carbocycles. The number of aromatic nitrogens is 2. The zero-order valence-corrected chi connectivity index (χ0v) is 18.6. The highest BCUT2D eigenvalue weighted by molar-refractivity contribution is 7.89. The molecule has 32 heavy (non-hydrogen) atoms. The first-order chi connectivity index (χ1) is 15.2. The molecule has 168 valence electrons. The Labute approximate surface area is 189 Å². The maximum Gasteiger partial charge on any atom is 0.262 e. The van der Waals surface area contributed by atoms with Crippen LogP contribution in [-0.4, -0.2) is 49.0 Å². The van der Waals surface area contributed by atoms with E-state index >= 15 is 0 Å². The Kier molecular flexibility index (Phi) is 6.18. The van der Waals surface area contributed by atoms with Gasteiger partial charge in [0.2, 0.25) is 10.0 Å². The number of H-pyrrole nitrogens is 1. The summed E-state index contributed by atoms with van der Waals surface area (Å²) in [4.78, 5) is 11.3. The number of carbonyl (C=O) groups excluding carboxylic acids is 1. The van der Waals surface area contributed by atoms with E-state index in [-0.39, 0.29) is 40.5 Å². The third kappa shape index (κ3) is 4.62. The number of rotatable bonds is 7. The first-order valence-electron chi connectivity index (χ1n) is 9.77. The lowest BCUT2D eigenvalue weighted by molar-refractivity contribution is -0.118. The number of hydrogen-bond donors (Lipinski definition) is 2. The smallest absolute Gasteiger partial charge is 0.262 e. The van der Waals surface area contributed by atoms with E-state index in [1.54, 1.807) is 12.1 Å². The normalized spacial score (nSPS) is 13.6. The number of nitrogens with one attached hydrogen (secondary N) is 2. The molecule has 0 radical (unpaired) electrons. The van der Waals surface area contributed by atoms with Gasteiger partial charge in [0.1, 0.15) is 16.5 Å². The van der Waals surface area contributed by atoms with Crippen LogP contribution in [0, 0.1) is 5.82 Å². The van der Waals surface area contributed by atoms with Crippen LogP contribution in [0.4, 0.5) is 10.1 Å². The highest BCUT2D eigenvalue weighted by atomic mass is 35.5. The molecular formula is C21H20ClFN4O4S. The van der Waals surface area contributed by atoms with Gasteiger partial charge in [0.25, 0.3) is 5.91 Å². The molecule has 3 aromatic rings. The number of sulfonamides is 1. The Balaban J connectivity index is 1.40. The number of ether oxygens (including phenoxy) is 1. The zero-order chi connectivity index (χ0) is 22.9. The topological polar surface area (TPSA) is 104 Å². The van der Waals surface area contributed by atoms with Crippen LogP contribution in [0.15, 0.2) is 47.4 Å². The van der Waals surface area contributed by atoms with E-state index < -0.39 is 10.0 Å². The highest BCUT2D eigenvalue weighted by Crippen LogP contribution is 2.36. The van der Waals surface area contributed by atoms with Gasteiger partial charge in [-0.05, 0) is 49.2 Å². The lowest BCUT2D eigenvalue weighted by Crippen LogP contribution is -2.29. The zero-order valence-electron chi connectivity index (χ0n) is 17.1. The standard InChI is InChI=1S/C21H20ClFN4O4S/c1-27(8-2-3-15-9-17(26-25-15)13-4-6-14(23)7-5-13)32(29,30)20-11-19-18(10-16(20)22)24-21(28)12-31-19/h4-7,9-11H,2-3,8,12H2,1H3,(H,24,28)(H,25,26). The minimum Gasteiger partial charge on any atom is -0.482 e. The number of aryl methyl sites for hydroxylation is 1. The number of halogens is 2. The summed E-state index contributed by atoms with van der Waals surface area (Å²) in [5.41, 5.74) is 2.65. The number of anilines is 1. The summed E-state index contributed by atoms with van der Waals surface area (Å²) in [6.45, 7) is 0.0618. The van der Waals surface area contributed by atoms with E-state index in [2.05, 4.69) is 15.5 Å². The molecule has 8 nitrogen and oxygen atoms in total. The molecule has 2 heterocycles. The van der Waals surface area contributed by atoms with Crippen molar-refractivity contribution in [1.82, 2.24) is 14.5 Å². The van der Waals surface area contributed by atoms with Gasteiger partial charge in [-0.2, -0.15) is 5.10 Å². The summed E-state index contributed by atoms with van der Waals surface area (Å²) < 4.78 is 45.6. The third-order valence-corrected chi connectivity index (χ3v) is 7.37. The minimum atomic E-state index is -3.87. The van der Waals surface area contributed by atoms with Crippen molar-refractivity contribution >= 4 is 33.2 Å². The predicted molar refractivity (Wildman–Crippen MR) is 118 cm³/mol. The van der Waals surface area contributed by atoms with Gasteiger partial charge in [-0.25, -0.2) is 17.1 Å². The van der Waals surface area contributed by atoms with Gasteiger partial charge in [0, 0.05) is 30.9 Å². The molecule has 0 saturated heterocycles. The average molecular weight is 479 g/mol. The molecule has 11 heteroatoms. The van der Waals surface area contributed by atoms with Gasteiger partial charge in [-0.15, -0.1) is 0 Å². The van der Waals surface area contributed by atoms with Crippen LogP contribution in [0.5, 0.6) is 5.75 Å². The third-order valence-electron chi connectivity index (χ3n) is 5.05. The molecule has 0 atom stereocenters. The highest BCUT2D eigenvalue weighted by Gasteiger charge is 2.27. The summed E-state index contributed by atoms with van der Waals surface area (Å²) in [6, 6.07) is 10.6. The van der Waals surface area contributed by atoms with E-state index in [1.807, 2.05) is 6.07 Å². The number of hydrogen-bond acceptors (Lipinski definition) is 5. The van der Waals surface area contributed by atoms with Crippen molar-refractivity contribution in [3.8, 4) is 17.0 Å². The van der Waals surface area contributed by atoms with Gasteiger partial charge in [0.05, 0.1) is 16.4 Å². The monoisotopic (exact) mass is 478 g/mol. The maximum absolute atomic E-state index is 13.1. The van der Waals surface area contributed by atoms with Gasteiger partial charge in [0.15, 0.2) is 6.61 Å². The van der Waals surface area contributed by atoms with E-state index in [4.69, 9.17) is 16.3 Å². The second-order valence-electron chi connectivity index (χ2n) is 7.33. The summed E-state index contributed by atoms with van der Waals surface area (Å²) in [5, 5.41) is 9.75. The van der Waals surface area contributed by atoms with Crippen LogP contribution in [0.3, 0.4) is 0 Å². The number of benzene rings is 2. The number of nitrogens with zero attached hydrogens (tertiary/aromatic N) is 2. The number of fused-ring (bicyclic) bond motifs is 1. The molecule has 1 aromatic heterocycles. The van der Waals surface area contributed by atoms with E-state index in [0.717, 1.165) is 11.3 Å². The molecule has 1 aliphatic rings. The van der Waals surface area contributed by atoms with Crippen molar-refractivity contribution in [1.29, 1.82) is 0 Å². The number of amides is 1. The first kappa shape index (κ1) is 22.3. The van der Waals surface area contributed by atoms with E-state index in [0.29, 0.717) is 24.2 Å². The van der Waals surface area contributed by atoms with Crippen molar-refractivity contribution in [3.63, 3.8) is 0 Å². The summed E-state index contributed by atoms with van der Waals surface area (Å²) in [5.74, 6) is -0.390. The quantitative estimate of drug-likeness (QED) is 0.541. The van der Waals surface area contributed by atoms with Gasteiger partial charge in [-0.3, -0.25) is 9.89 Å². The Bertz CT molecular complexity index is 1260. The van der Waals surface area contributed by atoms with Crippen LogP contribution in [0.25, 0.3) is 11.3 Å². The van der Waals surface area contributed by atoms with Gasteiger partial charge in [-0.1, -0.05) is 11.6 Å². The maximum atomic E-state index is 13.1. The Morgan fingerprint density at radius 1 is 1.22 bits per heavy atom. The number of aromatic amines is 1. The lowest BCUT2D eigenvalue weighted by Gasteiger charge is -2.22. The van der Waals surface area contributed by atoms with E-state index in [1.165, 1.54) is 35.6 Å². The molecule has 1 aliphatic heterocycles. The van der Waals surface area contributed by atoms with Gasteiger partial charge >= 0.3 is 0 Å². The SMILES string of the molecule is CN(CCCc1cc(-c2ccc(F)cc2)n[nH]1)S(=O)(=O)c1cc2c(cc1Cl)NC(=O)CO2. The molecule has 2 aromatic carbocycles. The van der Waals surface area contributed by atoms with Crippen molar-refractivity contribution in [2.45, 2.75) is 17.7 Å². The fourth-order valence-corrected chi connectivity index (χ4v) is 5.04. The summed E-state index contributed by atoms with van der Waals surface area (Å²) in [7, 11) is -2.39. The number of carbonyl (C=O) groups is 1. The average Bonchev–Trinajstić information content (AvgIpc) is 3.22. The second-order valence-corrected chi connectivity index (χ2v) is 9.75. The fraction of sp³-hybridized carbons (Fsp3) is 0.238. The largest absolute Gasteiger partial charge is 0.482 e. The molecule has 2 N–H and O–H groups in total. The molecule has 0 unspecified atom stereocenters. The molecular weight excluding hydrogens is 459 g/mol. The molecule has 1 amide bonds. The minimum absolute atomic E-state index is 0.00101. The van der Waals surface area contributed by atoms with Crippen molar-refractivity contribution in [3.05, 3.63) is 59.0 Å². The summed E-state index contributed by atoms with van der Waals surface area (Å²) in [6.07, 6.45) is 1.11.